The van der Waals surface area contributed by atoms with Gasteiger partial charge in [0.25, 0.3) is 5.91 Å². The minimum absolute atomic E-state index is 0.0888. The van der Waals surface area contributed by atoms with Crippen LogP contribution in [0, 0.1) is 5.82 Å². The highest BCUT2D eigenvalue weighted by atomic mass is 19.1. The number of halogens is 1. The Labute approximate surface area is 115 Å². The zero-order valence-electron chi connectivity index (χ0n) is 11.0. The smallest absolute Gasteiger partial charge is 0.254 e. The number of hydrogen-bond donors (Lipinski definition) is 2. The topological polar surface area (TPSA) is 75.3 Å². The highest BCUT2D eigenvalue weighted by Gasteiger charge is 2.28. The minimum Gasteiger partial charge on any atom is -0.340 e. The van der Waals surface area contributed by atoms with E-state index in [4.69, 9.17) is 0 Å². The van der Waals surface area contributed by atoms with Crippen molar-refractivity contribution in [2.45, 2.75) is 32.2 Å². The molecule has 0 aromatic heterocycles. The number of benzene rings is 1. The van der Waals surface area contributed by atoms with Crippen molar-refractivity contribution in [2.24, 2.45) is 0 Å². The molecule has 0 saturated carbocycles. The fraction of sp³-hybridized carbons (Fsp3) is 0.357. The van der Waals surface area contributed by atoms with Gasteiger partial charge in [0.05, 0.1) is 5.56 Å². The zero-order chi connectivity index (χ0) is 14.7. The van der Waals surface area contributed by atoms with Gasteiger partial charge in [-0.1, -0.05) is 13.0 Å². The fourth-order valence-corrected chi connectivity index (χ4v) is 2.03. The van der Waals surface area contributed by atoms with Gasteiger partial charge < -0.3 is 5.32 Å². The van der Waals surface area contributed by atoms with Gasteiger partial charge in [0.2, 0.25) is 11.8 Å². The summed E-state index contributed by atoms with van der Waals surface area (Å²) < 4.78 is 13.7. The maximum absolute atomic E-state index is 13.7. The first-order valence-electron chi connectivity index (χ1n) is 6.44. The molecule has 3 amide bonds. The van der Waals surface area contributed by atoms with Gasteiger partial charge in [-0.25, -0.2) is 4.39 Å². The Kier molecular flexibility index (Phi) is 4.12. The van der Waals surface area contributed by atoms with Gasteiger partial charge in [-0.05, 0) is 30.5 Å². The van der Waals surface area contributed by atoms with Gasteiger partial charge >= 0.3 is 0 Å². The van der Waals surface area contributed by atoms with Crippen molar-refractivity contribution in [1.29, 1.82) is 0 Å². The van der Waals surface area contributed by atoms with E-state index in [1.165, 1.54) is 12.1 Å². The van der Waals surface area contributed by atoms with Crippen LogP contribution in [0.1, 0.15) is 35.7 Å². The van der Waals surface area contributed by atoms with E-state index in [1.54, 1.807) is 6.07 Å². The van der Waals surface area contributed by atoms with Crippen LogP contribution in [0.5, 0.6) is 0 Å². The quantitative estimate of drug-likeness (QED) is 0.807. The molecule has 1 unspecified atom stereocenters. The molecule has 1 aliphatic rings. The summed E-state index contributed by atoms with van der Waals surface area (Å²) in [7, 11) is 0. The standard InChI is InChI=1S/C14H15FN2O3/c1-2-8-3-4-10(15)9(7-8)13(19)16-11-5-6-12(18)17-14(11)20/h3-4,7,11H,2,5-6H2,1H3,(H,16,19)(H,17,18,20). The van der Waals surface area contributed by atoms with Crippen LogP contribution in [0.4, 0.5) is 4.39 Å². The molecule has 1 aliphatic heterocycles. The van der Waals surface area contributed by atoms with Crippen molar-refractivity contribution in [3.63, 3.8) is 0 Å². The number of rotatable bonds is 3. The molecule has 2 rings (SSSR count). The first-order valence-corrected chi connectivity index (χ1v) is 6.44. The highest BCUT2D eigenvalue weighted by molar-refractivity contribution is 6.03. The van der Waals surface area contributed by atoms with Crippen LogP contribution in [0.25, 0.3) is 0 Å². The summed E-state index contributed by atoms with van der Waals surface area (Å²) in [5.41, 5.74) is 0.744. The summed E-state index contributed by atoms with van der Waals surface area (Å²) in [5.74, 6) is -2.19. The van der Waals surface area contributed by atoms with Crippen molar-refractivity contribution < 1.29 is 18.8 Å². The average Bonchev–Trinajstić information content (AvgIpc) is 2.42. The molecule has 5 nitrogen and oxygen atoms in total. The molecule has 0 spiro atoms. The van der Waals surface area contributed by atoms with Crippen molar-refractivity contribution in [1.82, 2.24) is 10.6 Å². The number of piperidine rings is 1. The van der Waals surface area contributed by atoms with E-state index in [9.17, 15) is 18.8 Å². The first kappa shape index (κ1) is 14.2. The van der Waals surface area contributed by atoms with Crippen LogP contribution < -0.4 is 10.6 Å². The Morgan fingerprint density at radius 3 is 2.85 bits per heavy atom. The molecule has 1 saturated heterocycles. The summed E-state index contributed by atoms with van der Waals surface area (Å²) in [5, 5.41) is 4.59. The summed E-state index contributed by atoms with van der Waals surface area (Å²) in [6.45, 7) is 1.90. The van der Waals surface area contributed by atoms with Crippen molar-refractivity contribution in [3.05, 3.63) is 35.1 Å². The molecule has 20 heavy (non-hydrogen) atoms. The fourth-order valence-electron chi connectivity index (χ4n) is 2.03. The molecule has 106 valence electrons. The van der Waals surface area contributed by atoms with Gasteiger partial charge in [-0.3, -0.25) is 19.7 Å². The molecule has 1 aromatic carbocycles. The number of amides is 3. The lowest BCUT2D eigenvalue weighted by atomic mass is 10.0. The van der Waals surface area contributed by atoms with E-state index in [0.29, 0.717) is 6.42 Å². The average molecular weight is 278 g/mol. The number of hydrogen-bond acceptors (Lipinski definition) is 3. The minimum atomic E-state index is -0.801. The van der Waals surface area contributed by atoms with E-state index in [-0.39, 0.29) is 24.3 Å². The van der Waals surface area contributed by atoms with Crippen molar-refractivity contribution >= 4 is 17.7 Å². The van der Waals surface area contributed by atoms with Crippen LogP contribution in [0.15, 0.2) is 18.2 Å². The zero-order valence-corrected chi connectivity index (χ0v) is 11.0. The van der Waals surface area contributed by atoms with Crippen molar-refractivity contribution in [3.8, 4) is 0 Å². The van der Waals surface area contributed by atoms with Crippen LogP contribution in [0.2, 0.25) is 0 Å². The molecule has 1 heterocycles. The number of carbonyl (C=O) groups excluding carboxylic acids is 3. The van der Waals surface area contributed by atoms with E-state index < -0.39 is 23.7 Å². The van der Waals surface area contributed by atoms with Crippen LogP contribution in [-0.2, 0) is 16.0 Å². The highest BCUT2D eigenvalue weighted by Crippen LogP contribution is 2.13. The Morgan fingerprint density at radius 2 is 2.20 bits per heavy atom. The molecule has 1 aromatic rings. The van der Waals surface area contributed by atoms with Crippen LogP contribution in [-0.4, -0.2) is 23.8 Å². The molecule has 1 atom stereocenters. The second kappa shape index (κ2) is 5.81. The summed E-state index contributed by atoms with van der Waals surface area (Å²) in [6.07, 6.45) is 1.07. The van der Waals surface area contributed by atoms with E-state index in [2.05, 4.69) is 10.6 Å². The van der Waals surface area contributed by atoms with Gasteiger partial charge in [-0.15, -0.1) is 0 Å². The van der Waals surface area contributed by atoms with Gasteiger partial charge in [0.1, 0.15) is 11.9 Å². The summed E-state index contributed by atoms with van der Waals surface area (Å²) in [4.78, 5) is 34.6. The Hall–Kier alpha value is -2.24. The van der Waals surface area contributed by atoms with E-state index >= 15 is 0 Å². The lowest BCUT2D eigenvalue weighted by molar-refractivity contribution is -0.134. The third kappa shape index (κ3) is 3.01. The second-order valence-electron chi connectivity index (χ2n) is 4.64. The molecule has 2 N–H and O–H groups in total. The van der Waals surface area contributed by atoms with Gasteiger partial charge in [-0.2, -0.15) is 0 Å². The molecule has 6 heteroatoms. The molecule has 0 radical (unpaired) electrons. The first-order chi connectivity index (χ1) is 9.51. The molecular formula is C14H15FN2O3. The molecular weight excluding hydrogens is 263 g/mol. The Balaban J connectivity index is 2.12. The van der Waals surface area contributed by atoms with E-state index in [0.717, 1.165) is 5.56 Å². The van der Waals surface area contributed by atoms with E-state index in [1.807, 2.05) is 6.92 Å². The van der Waals surface area contributed by atoms with Gasteiger partial charge in [0.15, 0.2) is 0 Å². The van der Waals surface area contributed by atoms with Crippen LogP contribution in [0.3, 0.4) is 0 Å². The lowest BCUT2D eigenvalue weighted by Gasteiger charge is -2.22. The molecule has 0 bridgehead atoms. The number of imide groups is 1. The second-order valence-corrected chi connectivity index (χ2v) is 4.64. The number of carbonyl (C=O) groups is 3. The SMILES string of the molecule is CCc1ccc(F)c(C(=O)NC2CCC(=O)NC2=O)c1. The predicted molar refractivity (Wildman–Crippen MR) is 69.4 cm³/mol. The monoisotopic (exact) mass is 278 g/mol. The lowest BCUT2D eigenvalue weighted by Crippen LogP contribution is -2.52. The van der Waals surface area contributed by atoms with Crippen molar-refractivity contribution in [2.75, 3.05) is 0 Å². The maximum atomic E-state index is 13.7. The Morgan fingerprint density at radius 1 is 1.45 bits per heavy atom. The molecule has 1 fully saturated rings. The molecule has 0 aliphatic carbocycles. The number of aryl methyl sites for hydroxylation is 1. The third-order valence-corrected chi connectivity index (χ3v) is 3.23. The summed E-state index contributed by atoms with van der Waals surface area (Å²) in [6, 6.07) is 3.51. The number of nitrogens with one attached hydrogen (secondary N) is 2. The predicted octanol–water partition coefficient (Wildman–Crippen LogP) is 0.923. The van der Waals surface area contributed by atoms with Gasteiger partial charge in [0, 0.05) is 6.42 Å². The summed E-state index contributed by atoms with van der Waals surface area (Å²) >= 11 is 0. The largest absolute Gasteiger partial charge is 0.340 e. The third-order valence-electron chi connectivity index (χ3n) is 3.23. The Bertz CT molecular complexity index is 572. The normalized spacial score (nSPS) is 18.6. The maximum Gasteiger partial charge on any atom is 0.254 e. The van der Waals surface area contributed by atoms with Crippen LogP contribution >= 0.6 is 0 Å².